The zero-order chi connectivity index (χ0) is 14.5. The van der Waals surface area contributed by atoms with Crippen molar-refractivity contribution in [2.45, 2.75) is 10.1 Å². The summed E-state index contributed by atoms with van der Waals surface area (Å²) in [6.07, 6.45) is 0. The van der Waals surface area contributed by atoms with Gasteiger partial charge in [-0.1, -0.05) is 15.9 Å². The second-order valence-electron chi connectivity index (χ2n) is 7.40. The Hall–Kier alpha value is -0.660. The molecular formula is C14H13BrO6. The van der Waals surface area contributed by atoms with Crippen LogP contribution < -0.4 is 0 Å². The molecular weight excluding hydrogens is 344 g/mol. The highest BCUT2D eigenvalue weighted by Crippen LogP contribution is 3.05. The number of rotatable bonds is 3. The van der Waals surface area contributed by atoms with E-state index in [0.717, 1.165) is 0 Å². The van der Waals surface area contributed by atoms with Crippen molar-refractivity contribution in [3.63, 3.8) is 0 Å². The van der Waals surface area contributed by atoms with Crippen molar-refractivity contribution in [3.8, 4) is 0 Å². The molecule has 2 bridgehead atoms. The molecule has 0 radical (unpaired) electrons. The van der Waals surface area contributed by atoms with Gasteiger partial charge >= 0.3 is 11.9 Å². The fraction of sp³-hybridized carbons (Fsp3) is 0.857. The van der Waals surface area contributed by atoms with Gasteiger partial charge in [-0.2, -0.15) is 0 Å². The second kappa shape index (κ2) is 2.78. The van der Waals surface area contributed by atoms with E-state index in [1.165, 1.54) is 0 Å². The van der Waals surface area contributed by atoms with Crippen LogP contribution in [-0.4, -0.2) is 45.5 Å². The Morgan fingerprint density at radius 2 is 1.43 bits per heavy atom. The lowest BCUT2D eigenvalue weighted by Crippen LogP contribution is -2.94. The molecule has 0 aromatic carbocycles. The molecule has 0 amide bonds. The highest BCUT2D eigenvalue weighted by atomic mass is 79.9. The average molecular weight is 357 g/mol. The van der Waals surface area contributed by atoms with Gasteiger partial charge in [-0.05, 0) is 29.6 Å². The highest BCUT2D eigenvalue weighted by Gasteiger charge is 3.10. The van der Waals surface area contributed by atoms with Gasteiger partial charge in [-0.3, -0.25) is 9.59 Å². The maximum Gasteiger partial charge on any atom is 0.318 e. The number of carboxylic acids is 2. The Morgan fingerprint density at radius 3 is 1.90 bits per heavy atom. The van der Waals surface area contributed by atoms with Gasteiger partial charge in [0.2, 0.25) is 0 Å². The lowest BCUT2D eigenvalue weighted by atomic mass is 9.11. The van der Waals surface area contributed by atoms with Crippen molar-refractivity contribution in [2.24, 2.45) is 46.8 Å². The molecule has 0 aromatic rings. The van der Waals surface area contributed by atoms with E-state index in [4.69, 9.17) is 9.47 Å². The van der Waals surface area contributed by atoms with Crippen LogP contribution in [0.2, 0.25) is 0 Å². The van der Waals surface area contributed by atoms with E-state index >= 15 is 0 Å². The molecule has 1 aliphatic heterocycles. The predicted octanol–water partition coefficient (Wildman–Crippen LogP) is 0.400. The third kappa shape index (κ3) is 0.697. The molecule has 21 heavy (non-hydrogen) atoms. The van der Waals surface area contributed by atoms with Crippen LogP contribution in [0.5, 0.6) is 0 Å². The third-order valence-electron chi connectivity index (χ3n) is 7.71. The zero-order valence-corrected chi connectivity index (χ0v) is 12.4. The van der Waals surface area contributed by atoms with Crippen LogP contribution in [0.4, 0.5) is 0 Å². The first-order valence-corrected chi connectivity index (χ1v) is 8.17. The van der Waals surface area contributed by atoms with E-state index in [1.807, 2.05) is 0 Å². The summed E-state index contributed by atoms with van der Waals surface area (Å²) in [5.41, 5.74) is -0.520. The Balaban J connectivity index is 1.49. The standard InChI is InChI=1S/C14H13BrO6/c15-13-6-3-7(13)5-8(14(13)20-1-2-21-14)4(6)12(3,5)9(10(16)17)11(18)19/h3-9H,1-2H2,(H,16,17)(H,18,19)/t3?,4-,5+,6-,7-,8?,12?,13?/m0/s1. The van der Waals surface area contributed by atoms with Crippen molar-refractivity contribution < 1.29 is 29.3 Å². The van der Waals surface area contributed by atoms with Crippen LogP contribution in [0.1, 0.15) is 0 Å². The van der Waals surface area contributed by atoms with E-state index in [0.29, 0.717) is 25.0 Å². The molecule has 7 fully saturated rings. The average Bonchev–Trinajstić information content (AvgIpc) is 2.94. The number of hydrogen-bond donors (Lipinski definition) is 2. The molecule has 1 saturated heterocycles. The van der Waals surface area contributed by atoms with Gasteiger partial charge in [0.15, 0.2) is 11.7 Å². The van der Waals surface area contributed by atoms with Crippen LogP contribution in [0.15, 0.2) is 0 Å². The van der Waals surface area contributed by atoms with Crippen LogP contribution >= 0.6 is 15.9 Å². The molecule has 0 aromatic heterocycles. The minimum atomic E-state index is -1.27. The van der Waals surface area contributed by atoms with E-state index in [1.54, 1.807) is 0 Å². The first-order valence-electron chi connectivity index (χ1n) is 7.38. The molecule has 7 heteroatoms. The number of hydrogen-bond acceptors (Lipinski definition) is 4. The fourth-order valence-corrected chi connectivity index (χ4v) is 9.44. The van der Waals surface area contributed by atoms with Crippen LogP contribution in [0.25, 0.3) is 0 Å². The largest absolute Gasteiger partial charge is 0.481 e. The lowest BCUT2D eigenvalue weighted by Gasteiger charge is -2.92. The van der Waals surface area contributed by atoms with Crippen LogP contribution in [0, 0.1) is 46.8 Å². The maximum atomic E-state index is 11.5. The summed E-state index contributed by atoms with van der Waals surface area (Å²) in [7, 11) is 0. The third-order valence-corrected chi connectivity index (χ3v) is 9.32. The van der Waals surface area contributed by atoms with E-state index in [-0.39, 0.29) is 28.0 Å². The molecule has 2 N–H and O–H groups in total. The molecule has 6 saturated carbocycles. The monoisotopic (exact) mass is 356 g/mol. The number of halogens is 1. The Morgan fingerprint density at radius 1 is 0.952 bits per heavy atom. The molecule has 6 aliphatic carbocycles. The molecule has 6 nitrogen and oxygen atoms in total. The summed E-state index contributed by atoms with van der Waals surface area (Å²) >= 11 is 3.88. The van der Waals surface area contributed by atoms with Crippen LogP contribution in [-0.2, 0) is 19.1 Å². The Bertz CT molecular complexity index is 605. The van der Waals surface area contributed by atoms with Gasteiger partial charge in [0.05, 0.1) is 17.5 Å². The zero-order valence-electron chi connectivity index (χ0n) is 10.9. The maximum absolute atomic E-state index is 11.5. The van der Waals surface area contributed by atoms with Gasteiger partial charge in [0.1, 0.15) is 0 Å². The molecule has 1 heterocycles. The highest BCUT2D eigenvalue weighted by molar-refractivity contribution is 9.10. The lowest BCUT2D eigenvalue weighted by molar-refractivity contribution is -0.450. The summed E-state index contributed by atoms with van der Waals surface area (Å²) in [6, 6.07) is 0. The van der Waals surface area contributed by atoms with Gasteiger partial charge in [-0.25, -0.2) is 0 Å². The molecule has 1 spiro atoms. The SMILES string of the molecule is O=C(O)C(C(=O)O)C12C3[C@H]4[C@H]1C1[C@H]2[C@H]3C4(Br)C12OCCO2. The number of alkyl halides is 1. The normalized spacial score (nSPS) is 61.8. The Labute approximate surface area is 127 Å². The van der Waals surface area contributed by atoms with Gasteiger partial charge < -0.3 is 19.7 Å². The van der Waals surface area contributed by atoms with Gasteiger partial charge in [-0.15, -0.1) is 0 Å². The van der Waals surface area contributed by atoms with Crippen molar-refractivity contribution in [1.29, 1.82) is 0 Å². The fourth-order valence-electron chi connectivity index (χ4n) is 7.81. The van der Waals surface area contributed by atoms with E-state index in [2.05, 4.69) is 15.9 Å². The topological polar surface area (TPSA) is 93.1 Å². The molecule has 8 atom stereocenters. The first kappa shape index (κ1) is 11.8. The van der Waals surface area contributed by atoms with Gasteiger partial charge in [0, 0.05) is 11.3 Å². The Kier molecular flexibility index (Phi) is 1.57. The van der Waals surface area contributed by atoms with Gasteiger partial charge in [0.25, 0.3) is 0 Å². The summed E-state index contributed by atoms with van der Waals surface area (Å²) in [4.78, 5) is 23.0. The molecule has 4 unspecified atom stereocenters. The summed E-state index contributed by atoms with van der Waals surface area (Å²) in [5, 5.41) is 18.8. The summed E-state index contributed by atoms with van der Waals surface area (Å²) in [5.74, 6) is -2.93. The molecule has 7 rings (SSSR count). The minimum Gasteiger partial charge on any atom is -0.481 e. The summed E-state index contributed by atoms with van der Waals surface area (Å²) < 4.78 is 11.8. The van der Waals surface area contributed by atoms with Crippen molar-refractivity contribution >= 4 is 27.9 Å². The van der Waals surface area contributed by atoms with Crippen molar-refractivity contribution in [1.82, 2.24) is 0 Å². The predicted molar refractivity (Wildman–Crippen MR) is 68.4 cm³/mol. The number of aliphatic carboxylic acids is 2. The molecule has 112 valence electrons. The van der Waals surface area contributed by atoms with Crippen LogP contribution in [0.3, 0.4) is 0 Å². The van der Waals surface area contributed by atoms with Crippen molar-refractivity contribution in [3.05, 3.63) is 0 Å². The smallest absolute Gasteiger partial charge is 0.318 e. The number of ether oxygens (including phenoxy) is 2. The van der Waals surface area contributed by atoms with Crippen molar-refractivity contribution in [2.75, 3.05) is 13.2 Å². The summed E-state index contributed by atoms with van der Waals surface area (Å²) in [6.45, 7) is 1.14. The number of carbonyl (C=O) groups is 2. The van der Waals surface area contributed by atoms with E-state index in [9.17, 15) is 19.8 Å². The quantitative estimate of drug-likeness (QED) is 0.561. The second-order valence-corrected chi connectivity index (χ2v) is 8.71. The van der Waals surface area contributed by atoms with E-state index < -0.39 is 29.1 Å². The minimum absolute atomic E-state index is 0.132. The number of carboxylic acid groups (broad SMARTS) is 2. The first-order chi connectivity index (χ1) is 9.95. The molecule has 7 aliphatic rings.